The molecule has 1 fully saturated rings. The molecule has 1 aliphatic rings. The Balaban J connectivity index is 1.56. The molecule has 3 rings (SSSR count). The fraction of sp³-hybridized carbons (Fsp3) is 0.458. The predicted molar refractivity (Wildman–Crippen MR) is 116 cm³/mol. The number of carbonyl (C=O) groups is 1. The fourth-order valence-corrected chi connectivity index (χ4v) is 3.42. The summed E-state index contributed by atoms with van der Waals surface area (Å²) in [5.41, 5.74) is 1.65. The van der Waals surface area contributed by atoms with Gasteiger partial charge < -0.3 is 23.8 Å². The Kier molecular flexibility index (Phi) is 6.75. The van der Waals surface area contributed by atoms with Crippen LogP contribution >= 0.6 is 0 Å². The minimum Gasteiger partial charge on any atom is -0.493 e. The first-order valence-corrected chi connectivity index (χ1v) is 10.3. The molecule has 1 saturated heterocycles. The molecule has 2 aromatic carbocycles. The summed E-state index contributed by atoms with van der Waals surface area (Å²) in [7, 11) is 3.26. The third-order valence-corrected chi connectivity index (χ3v) is 4.97. The smallest absolute Gasteiger partial charge is 0.410 e. The van der Waals surface area contributed by atoms with E-state index in [2.05, 4.69) is 0 Å². The number of nitrogens with zero attached hydrogens (tertiary/aromatic N) is 1. The zero-order valence-electron chi connectivity index (χ0n) is 18.4. The Hall–Kier alpha value is -2.89. The molecule has 30 heavy (non-hydrogen) atoms. The van der Waals surface area contributed by atoms with Crippen LogP contribution in [0.3, 0.4) is 0 Å². The molecule has 6 heteroatoms. The van der Waals surface area contributed by atoms with Gasteiger partial charge >= 0.3 is 6.09 Å². The Morgan fingerprint density at radius 2 is 1.50 bits per heavy atom. The highest BCUT2D eigenvalue weighted by molar-refractivity contribution is 5.68. The van der Waals surface area contributed by atoms with Gasteiger partial charge in [-0.2, -0.15) is 0 Å². The van der Waals surface area contributed by atoms with Crippen molar-refractivity contribution < 1.29 is 23.7 Å². The van der Waals surface area contributed by atoms with Crippen LogP contribution in [0.15, 0.2) is 42.5 Å². The van der Waals surface area contributed by atoms with E-state index >= 15 is 0 Å². The van der Waals surface area contributed by atoms with E-state index in [-0.39, 0.29) is 12.2 Å². The summed E-state index contributed by atoms with van der Waals surface area (Å²) in [6, 6.07) is 13.9. The highest BCUT2D eigenvalue weighted by Gasteiger charge is 2.27. The Bertz CT molecular complexity index is 849. The lowest BCUT2D eigenvalue weighted by atomic mass is 10.0. The number of hydrogen-bond donors (Lipinski definition) is 0. The topological polar surface area (TPSA) is 57.2 Å². The molecule has 0 unspecified atom stereocenters. The van der Waals surface area contributed by atoms with E-state index in [1.54, 1.807) is 19.1 Å². The third kappa shape index (κ3) is 5.59. The average Bonchev–Trinajstić information content (AvgIpc) is 2.73. The van der Waals surface area contributed by atoms with Crippen molar-refractivity contribution >= 4 is 6.09 Å². The number of piperidine rings is 1. The van der Waals surface area contributed by atoms with E-state index in [0.29, 0.717) is 24.6 Å². The first-order valence-electron chi connectivity index (χ1n) is 10.3. The molecule has 2 aromatic rings. The van der Waals surface area contributed by atoms with Gasteiger partial charge in [-0.05, 0) is 56.2 Å². The van der Waals surface area contributed by atoms with Crippen LogP contribution in [-0.2, 0) is 4.74 Å². The number of benzene rings is 2. The van der Waals surface area contributed by atoms with Crippen molar-refractivity contribution in [2.24, 2.45) is 0 Å². The second-order valence-corrected chi connectivity index (χ2v) is 8.38. The minimum atomic E-state index is -0.472. The number of rotatable bonds is 5. The van der Waals surface area contributed by atoms with Gasteiger partial charge in [0, 0.05) is 25.9 Å². The van der Waals surface area contributed by atoms with Crippen LogP contribution in [-0.4, -0.2) is 50.0 Å². The van der Waals surface area contributed by atoms with Crippen molar-refractivity contribution in [2.75, 3.05) is 27.3 Å². The molecule has 0 N–H and O–H groups in total. The fourth-order valence-electron chi connectivity index (χ4n) is 3.42. The van der Waals surface area contributed by atoms with Crippen LogP contribution in [0.1, 0.15) is 33.6 Å². The Labute approximate surface area is 178 Å². The molecule has 0 atom stereocenters. The maximum Gasteiger partial charge on any atom is 0.410 e. The van der Waals surface area contributed by atoms with E-state index < -0.39 is 5.60 Å². The first-order chi connectivity index (χ1) is 14.3. The van der Waals surface area contributed by atoms with Crippen LogP contribution in [0.5, 0.6) is 17.2 Å². The molecule has 1 aliphatic heterocycles. The molecule has 1 amide bonds. The van der Waals surface area contributed by atoms with Crippen molar-refractivity contribution in [3.63, 3.8) is 0 Å². The quantitative estimate of drug-likeness (QED) is 0.679. The molecule has 0 radical (unpaired) electrons. The highest BCUT2D eigenvalue weighted by atomic mass is 16.6. The van der Waals surface area contributed by atoms with Crippen LogP contribution in [0, 0.1) is 0 Å². The maximum absolute atomic E-state index is 12.2. The molecule has 0 aromatic heterocycles. The lowest BCUT2D eigenvalue weighted by molar-refractivity contribution is 0.0126. The summed E-state index contributed by atoms with van der Waals surface area (Å²) >= 11 is 0. The minimum absolute atomic E-state index is 0.0932. The summed E-state index contributed by atoms with van der Waals surface area (Å²) in [5, 5.41) is 0. The van der Waals surface area contributed by atoms with E-state index in [1.165, 1.54) is 0 Å². The van der Waals surface area contributed by atoms with E-state index in [0.717, 1.165) is 29.7 Å². The van der Waals surface area contributed by atoms with Crippen LogP contribution < -0.4 is 14.2 Å². The van der Waals surface area contributed by atoms with Crippen LogP contribution in [0.2, 0.25) is 0 Å². The normalized spacial score (nSPS) is 14.9. The lowest BCUT2D eigenvalue weighted by Crippen LogP contribution is -2.44. The second-order valence-electron chi connectivity index (χ2n) is 8.38. The summed E-state index contributed by atoms with van der Waals surface area (Å²) in [6.45, 7) is 6.93. The average molecular weight is 414 g/mol. The van der Waals surface area contributed by atoms with Gasteiger partial charge in [-0.3, -0.25) is 0 Å². The second kappa shape index (κ2) is 9.28. The first kappa shape index (κ1) is 21.8. The molecule has 0 spiro atoms. The van der Waals surface area contributed by atoms with Gasteiger partial charge in [-0.25, -0.2) is 4.79 Å². The zero-order chi connectivity index (χ0) is 21.7. The van der Waals surface area contributed by atoms with Crippen molar-refractivity contribution in [3.8, 4) is 28.4 Å². The third-order valence-electron chi connectivity index (χ3n) is 4.97. The van der Waals surface area contributed by atoms with Crippen molar-refractivity contribution in [1.29, 1.82) is 0 Å². The van der Waals surface area contributed by atoms with Gasteiger partial charge in [0.1, 0.15) is 17.5 Å². The summed E-state index contributed by atoms with van der Waals surface area (Å²) < 4.78 is 22.3. The summed E-state index contributed by atoms with van der Waals surface area (Å²) in [4.78, 5) is 13.9. The SMILES string of the molecule is COc1ccc(-c2ccc(OC3CCN(C(=O)OC(C)(C)C)CC3)cc2)cc1OC. The van der Waals surface area contributed by atoms with Crippen molar-refractivity contribution in [1.82, 2.24) is 4.90 Å². The number of ether oxygens (including phenoxy) is 4. The highest BCUT2D eigenvalue weighted by Crippen LogP contribution is 2.33. The van der Waals surface area contributed by atoms with Gasteiger partial charge in [-0.1, -0.05) is 18.2 Å². The predicted octanol–water partition coefficient (Wildman–Crippen LogP) is 5.15. The van der Waals surface area contributed by atoms with E-state index in [4.69, 9.17) is 18.9 Å². The molecule has 0 bridgehead atoms. The zero-order valence-corrected chi connectivity index (χ0v) is 18.4. The van der Waals surface area contributed by atoms with Crippen LogP contribution in [0.4, 0.5) is 4.79 Å². The number of likely N-dealkylation sites (tertiary alicyclic amines) is 1. The van der Waals surface area contributed by atoms with Crippen molar-refractivity contribution in [2.45, 2.75) is 45.3 Å². The Morgan fingerprint density at radius 1 is 0.900 bits per heavy atom. The summed E-state index contributed by atoms with van der Waals surface area (Å²) in [6.07, 6.45) is 1.42. The number of carbonyl (C=O) groups excluding carboxylic acids is 1. The standard InChI is InChI=1S/C24H31NO5/c1-24(2,3)30-23(26)25-14-12-20(13-15-25)29-19-9-6-17(7-10-19)18-8-11-21(27-4)22(16-18)28-5/h6-11,16,20H,12-15H2,1-5H3. The van der Waals surface area contributed by atoms with Gasteiger partial charge in [0.15, 0.2) is 11.5 Å². The lowest BCUT2D eigenvalue weighted by Gasteiger charge is -2.33. The van der Waals surface area contributed by atoms with Gasteiger partial charge in [-0.15, -0.1) is 0 Å². The van der Waals surface area contributed by atoms with E-state index in [1.807, 2.05) is 63.2 Å². The van der Waals surface area contributed by atoms with Crippen LogP contribution in [0.25, 0.3) is 11.1 Å². The molecule has 0 aliphatic carbocycles. The molecule has 1 heterocycles. The van der Waals surface area contributed by atoms with Gasteiger partial charge in [0.2, 0.25) is 0 Å². The number of hydrogen-bond acceptors (Lipinski definition) is 5. The monoisotopic (exact) mass is 413 g/mol. The van der Waals surface area contributed by atoms with E-state index in [9.17, 15) is 4.79 Å². The molecule has 6 nitrogen and oxygen atoms in total. The Morgan fingerprint density at radius 3 is 2.07 bits per heavy atom. The molecular weight excluding hydrogens is 382 g/mol. The molecular formula is C24H31NO5. The van der Waals surface area contributed by atoms with Gasteiger partial charge in [0.25, 0.3) is 0 Å². The summed E-state index contributed by atoms with van der Waals surface area (Å²) in [5.74, 6) is 2.24. The number of methoxy groups -OCH3 is 2. The molecule has 0 saturated carbocycles. The number of amides is 1. The maximum atomic E-state index is 12.2. The van der Waals surface area contributed by atoms with Crippen molar-refractivity contribution in [3.05, 3.63) is 42.5 Å². The molecule has 162 valence electrons. The largest absolute Gasteiger partial charge is 0.493 e. The van der Waals surface area contributed by atoms with Gasteiger partial charge in [0.05, 0.1) is 14.2 Å².